The minimum Gasteiger partial charge on any atom is -0.335 e. The highest BCUT2D eigenvalue weighted by atomic mass is 19.1. The minimum atomic E-state index is -0.386. The maximum atomic E-state index is 12.7. The van der Waals surface area contributed by atoms with E-state index < -0.39 is 0 Å². The van der Waals surface area contributed by atoms with Crippen molar-refractivity contribution in [2.45, 2.75) is 31.7 Å². The average Bonchev–Trinajstić information content (AvgIpc) is 2.89. The van der Waals surface area contributed by atoms with Crippen LogP contribution in [0, 0.1) is 5.82 Å². The Morgan fingerprint density at radius 3 is 2.42 bits per heavy atom. The zero-order chi connectivity index (χ0) is 13.7. The van der Waals surface area contributed by atoms with E-state index in [4.69, 9.17) is 0 Å². The third-order valence-corrected chi connectivity index (χ3v) is 3.27. The van der Waals surface area contributed by atoms with Gasteiger partial charge in [0, 0.05) is 11.6 Å². The lowest BCUT2D eigenvalue weighted by Crippen LogP contribution is -2.42. The van der Waals surface area contributed by atoms with Gasteiger partial charge in [0.25, 0.3) is 0 Å². The number of halogens is 1. The second kappa shape index (κ2) is 6.31. The molecule has 1 saturated carbocycles. The summed E-state index contributed by atoms with van der Waals surface area (Å²) in [7, 11) is 0. The molecule has 0 saturated heterocycles. The monoisotopic (exact) mass is 264 g/mol. The summed E-state index contributed by atoms with van der Waals surface area (Å²) >= 11 is 0. The van der Waals surface area contributed by atoms with Crippen LogP contribution < -0.4 is 10.6 Å². The van der Waals surface area contributed by atoms with Gasteiger partial charge in [-0.1, -0.05) is 12.8 Å². The molecule has 0 heterocycles. The second-order valence-electron chi connectivity index (χ2n) is 4.74. The van der Waals surface area contributed by atoms with Crippen molar-refractivity contribution < 1.29 is 14.0 Å². The number of amides is 2. The van der Waals surface area contributed by atoms with Crippen LogP contribution in [0.3, 0.4) is 0 Å². The van der Waals surface area contributed by atoms with Crippen molar-refractivity contribution in [3.05, 3.63) is 35.6 Å². The highest BCUT2D eigenvalue weighted by Gasteiger charge is 2.17. The quantitative estimate of drug-likeness (QED) is 0.819. The van der Waals surface area contributed by atoms with Crippen molar-refractivity contribution in [3.8, 4) is 0 Å². The number of carbonyl (C=O) groups excluding carboxylic acids is 2. The smallest absolute Gasteiger partial charge is 0.315 e. The van der Waals surface area contributed by atoms with Crippen LogP contribution in [0.4, 0.5) is 9.18 Å². The molecule has 2 N–H and O–H groups in total. The van der Waals surface area contributed by atoms with Crippen LogP contribution in [0.1, 0.15) is 36.0 Å². The molecule has 1 aliphatic carbocycles. The second-order valence-corrected chi connectivity index (χ2v) is 4.74. The first-order chi connectivity index (χ1) is 9.15. The summed E-state index contributed by atoms with van der Waals surface area (Å²) < 4.78 is 12.7. The Morgan fingerprint density at radius 1 is 1.16 bits per heavy atom. The number of Topliss-reactive ketones (excluding diaryl/α,β-unsaturated/α-hetero) is 1. The standard InChI is InChI=1S/C14H17FN2O2/c15-11-7-5-10(6-8-11)13(18)9-16-14(19)17-12-3-1-2-4-12/h5-8,12H,1-4,9H2,(H2,16,17,19). The molecule has 0 radical (unpaired) electrons. The number of carbonyl (C=O) groups is 2. The third kappa shape index (κ3) is 4.05. The number of ketones is 1. The lowest BCUT2D eigenvalue weighted by Gasteiger charge is -2.12. The van der Waals surface area contributed by atoms with Crippen molar-refractivity contribution in [2.24, 2.45) is 0 Å². The summed E-state index contributed by atoms with van der Waals surface area (Å²) in [6.07, 6.45) is 4.28. The predicted molar refractivity (Wildman–Crippen MR) is 69.5 cm³/mol. The molecule has 102 valence electrons. The number of urea groups is 1. The fraction of sp³-hybridized carbons (Fsp3) is 0.429. The fourth-order valence-electron chi connectivity index (χ4n) is 2.20. The van der Waals surface area contributed by atoms with Crippen LogP contribution in [0.5, 0.6) is 0 Å². The molecule has 1 fully saturated rings. The summed E-state index contributed by atoms with van der Waals surface area (Å²) in [4.78, 5) is 23.3. The summed E-state index contributed by atoms with van der Waals surface area (Å²) in [6, 6.07) is 5.18. The minimum absolute atomic E-state index is 0.0792. The van der Waals surface area contributed by atoms with Crippen molar-refractivity contribution in [1.82, 2.24) is 10.6 Å². The van der Waals surface area contributed by atoms with Crippen molar-refractivity contribution in [2.75, 3.05) is 6.54 Å². The summed E-state index contributed by atoms with van der Waals surface area (Å²) in [5.41, 5.74) is 0.391. The Kier molecular flexibility index (Phi) is 4.49. The molecule has 0 atom stereocenters. The van der Waals surface area contributed by atoms with Gasteiger partial charge in [0.05, 0.1) is 6.54 Å². The molecule has 2 rings (SSSR count). The molecule has 5 heteroatoms. The Balaban J connectivity index is 1.76. The van der Waals surface area contributed by atoms with Gasteiger partial charge in [0.1, 0.15) is 5.82 Å². The largest absolute Gasteiger partial charge is 0.335 e. The van der Waals surface area contributed by atoms with Crippen LogP contribution in [0.2, 0.25) is 0 Å². The van der Waals surface area contributed by atoms with Crippen molar-refractivity contribution >= 4 is 11.8 Å². The number of hydrogen-bond donors (Lipinski definition) is 2. The summed E-state index contributed by atoms with van der Waals surface area (Å²) in [6.45, 7) is -0.0792. The van der Waals surface area contributed by atoms with Crippen LogP contribution in [-0.4, -0.2) is 24.4 Å². The van der Waals surface area contributed by atoms with Gasteiger partial charge in [0.2, 0.25) is 0 Å². The molecule has 0 spiro atoms. The normalized spacial score (nSPS) is 15.2. The van der Waals surface area contributed by atoms with Crippen LogP contribution >= 0.6 is 0 Å². The molecule has 1 aliphatic rings. The van der Waals surface area contributed by atoms with E-state index in [0.717, 1.165) is 25.7 Å². The number of rotatable bonds is 4. The van der Waals surface area contributed by atoms with E-state index in [9.17, 15) is 14.0 Å². The Morgan fingerprint density at radius 2 is 1.79 bits per heavy atom. The van der Waals surface area contributed by atoms with Gasteiger partial charge < -0.3 is 10.6 Å². The molecule has 0 bridgehead atoms. The molecular formula is C14H17FN2O2. The van der Waals surface area contributed by atoms with Gasteiger partial charge in [0.15, 0.2) is 5.78 Å². The van der Waals surface area contributed by atoms with E-state index in [0.29, 0.717) is 5.56 Å². The molecule has 4 nitrogen and oxygen atoms in total. The maximum Gasteiger partial charge on any atom is 0.315 e. The zero-order valence-corrected chi connectivity index (χ0v) is 10.6. The maximum absolute atomic E-state index is 12.7. The summed E-state index contributed by atoms with van der Waals surface area (Å²) in [5, 5.41) is 5.36. The molecule has 0 aliphatic heterocycles. The van der Waals surface area contributed by atoms with E-state index in [1.165, 1.54) is 24.3 Å². The molecule has 0 unspecified atom stereocenters. The molecule has 0 aromatic heterocycles. The molecule has 2 amide bonds. The summed E-state index contributed by atoms with van der Waals surface area (Å²) in [5.74, 6) is -0.620. The highest BCUT2D eigenvalue weighted by Crippen LogP contribution is 2.17. The predicted octanol–water partition coefficient (Wildman–Crippen LogP) is 2.25. The zero-order valence-electron chi connectivity index (χ0n) is 10.6. The topological polar surface area (TPSA) is 58.2 Å². The Bertz CT molecular complexity index is 453. The first-order valence-corrected chi connectivity index (χ1v) is 6.48. The van der Waals surface area contributed by atoms with E-state index in [-0.39, 0.29) is 30.2 Å². The first kappa shape index (κ1) is 13.5. The van der Waals surface area contributed by atoms with Gasteiger partial charge in [-0.2, -0.15) is 0 Å². The van der Waals surface area contributed by atoms with Crippen LogP contribution in [0.25, 0.3) is 0 Å². The Labute approximate surface area is 111 Å². The van der Waals surface area contributed by atoms with Crippen LogP contribution in [0.15, 0.2) is 24.3 Å². The van der Waals surface area contributed by atoms with Crippen molar-refractivity contribution in [3.63, 3.8) is 0 Å². The average molecular weight is 264 g/mol. The van der Waals surface area contributed by atoms with Gasteiger partial charge in [-0.3, -0.25) is 4.79 Å². The number of nitrogens with one attached hydrogen (secondary N) is 2. The van der Waals surface area contributed by atoms with Crippen LogP contribution in [-0.2, 0) is 0 Å². The van der Waals surface area contributed by atoms with Gasteiger partial charge in [-0.05, 0) is 37.1 Å². The van der Waals surface area contributed by atoms with E-state index in [1.54, 1.807) is 0 Å². The van der Waals surface area contributed by atoms with E-state index >= 15 is 0 Å². The first-order valence-electron chi connectivity index (χ1n) is 6.48. The SMILES string of the molecule is O=C(NCC(=O)c1ccc(F)cc1)NC1CCCC1. The lowest BCUT2D eigenvalue weighted by atomic mass is 10.1. The van der Waals surface area contributed by atoms with Gasteiger partial charge in [-0.25, -0.2) is 9.18 Å². The molecule has 19 heavy (non-hydrogen) atoms. The van der Waals surface area contributed by atoms with Gasteiger partial charge in [-0.15, -0.1) is 0 Å². The number of benzene rings is 1. The highest BCUT2D eigenvalue weighted by molar-refractivity contribution is 5.99. The lowest BCUT2D eigenvalue weighted by molar-refractivity contribution is 0.0992. The molecular weight excluding hydrogens is 247 g/mol. The van der Waals surface area contributed by atoms with E-state index in [1.807, 2.05) is 0 Å². The Hall–Kier alpha value is -1.91. The third-order valence-electron chi connectivity index (χ3n) is 3.27. The van der Waals surface area contributed by atoms with E-state index in [2.05, 4.69) is 10.6 Å². The fourth-order valence-corrected chi connectivity index (χ4v) is 2.20. The number of hydrogen-bond acceptors (Lipinski definition) is 2. The molecule has 1 aromatic rings. The van der Waals surface area contributed by atoms with Crippen molar-refractivity contribution in [1.29, 1.82) is 0 Å². The molecule has 1 aromatic carbocycles. The van der Waals surface area contributed by atoms with Gasteiger partial charge >= 0.3 is 6.03 Å².